The quantitative estimate of drug-likeness (QED) is 0.323. The second-order valence-electron chi connectivity index (χ2n) is 8.07. The van der Waals surface area contributed by atoms with Crippen LogP contribution < -0.4 is 20.7 Å². The highest BCUT2D eigenvalue weighted by Crippen LogP contribution is 2.30. The number of aromatic nitrogens is 2. The van der Waals surface area contributed by atoms with Crippen LogP contribution in [0, 0.1) is 0 Å². The van der Waals surface area contributed by atoms with Crippen molar-refractivity contribution < 1.29 is 23.5 Å². The van der Waals surface area contributed by atoms with Gasteiger partial charge in [0.05, 0.1) is 7.11 Å². The first-order chi connectivity index (χ1) is 17.5. The zero-order chi connectivity index (χ0) is 25.1. The third kappa shape index (κ3) is 4.67. The number of carbonyl (C=O) groups is 3. The molecule has 5 rings (SSSR count). The molecular weight excluding hydrogens is 464 g/mol. The number of pyridine rings is 2. The predicted molar refractivity (Wildman–Crippen MR) is 130 cm³/mol. The average Bonchev–Trinajstić information content (AvgIpc) is 3.44. The van der Waals surface area contributed by atoms with Crippen LogP contribution in [0.2, 0.25) is 0 Å². The van der Waals surface area contributed by atoms with Gasteiger partial charge in [0.25, 0.3) is 5.91 Å². The number of hydrogen-bond acceptors (Lipinski definition) is 8. The number of imide groups is 1. The normalized spacial score (nSPS) is 13.2. The summed E-state index contributed by atoms with van der Waals surface area (Å²) in [5, 5.41) is 7.88. The molecule has 3 aromatic heterocycles. The lowest BCUT2D eigenvalue weighted by atomic mass is 10.1. The highest BCUT2D eigenvalue weighted by atomic mass is 16.5. The lowest BCUT2D eigenvalue weighted by Crippen LogP contribution is -2.42. The molecular formula is C25H22N6O5. The lowest BCUT2D eigenvalue weighted by molar-refractivity contribution is -0.108. The van der Waals surface area contributed by atoms with Gasteiger partial charge in [0, 0.05) is 30.9 Å². The Kier molecular flexibility index (Phi) is 6.18. The predicted octanol–water partition coefficient (Wildman–Crippen LogP) is 3.13. The summed E-state index contributed by atoms with van der Waals surface area (Å²) < 4.78 is 11.2. The molecule has 0 aliphatic carbocycles. The van der Waals surface area contributed by atoms with E-state index in [9.17, 15) is 14.4 Å². The number of amides is 4. The van der Waals surface area contributed by atoms with Crippen LogP contribution in [-0.2, 0) is 11.3 Å². The van der Waals surface area contributed by atoms with Crippen LogP contribution in [0.4, 0.5) is 16.4 Å². The van der Waals surface area contributed by atoms with Crippen molar-refractivity contribution in [3.63, 3.8) is 0 Å². The molecule has 36 heavy (non-hydrogen) atoms. The van der Waals surface area contributed by atoms with Crippen LogP contribution in [-0.4, -0.2) is 46.9 Å². The van der Waals surface area contributed by atoms with E-state index in [1.807, 2.05) is 24.3 Å². The number of nitrogens with zero attached hydrogens (tertiary/aromatic N) is 3. The summed E-state index contributed by atoms with van der Waals surface area (Å²) in [4.78, 5) is 46.4. The number of fused-ring (bicyclic) bond motifs is 2. The fraction of sp³-hybridized carbons (Fsp3) is 0.160. The molecule has 0 bridgehead atoms. The smallest absolute Gasteiger partial charge is 0.321 e. The van der Waals surface area contributed by atoms with Crippen LogP contribution in [0.3, 0.4) is 0 Å². The summed E-state index contributed by atoms with van der Waals surface area (Å²) in [6.07, 6.45) is 1.96. The first-order valence-electron chi connectivity index (χ1n) is 11.1. The third-order valence-corrected chi connectivity index (χ3v) is 5.75. The molecule has 0 spiro atoms. The maximum absolute atomic E-state index is 13.1. The van der Waals surface area contributed by atoms with E-state index in [2.05, 4.69) is 25.9 Å². The Balaban J connectivity index is 1.40. The standard InChI is InChI=1S/C25H22N6O5/c1-35-16-6-5-15-12-31(24(33)17(15)10-16)13-19(29-25(34)27-14-32)21-11-18-20(36-21)7-8-23(28-18)30-22-4-2-3-9-26-22/h2-11,14,19H,12-13H2,1H3,(H,26,28,30)(H2,27,29,32,34)/t19-/m0/s1. The van der Waals surface area contributed by atoms with Gasteiger partial charge in [-0.1, -0.05) is 12.1 Å². The molecule has 182 valence electrons. The van der Waals surface area contributed by atoms with E-state index in [0.29, 0.717) is 46.4 Å². The fourth-order valence-corrected chi connectivity index (χ4v) is 4.05. The minimum absolute atomic E-state index is 0.112. The van der Waals surface area contributed by atoms with E-state index in [0.717, 1.165) is 5.56 Å². The highest BCUT2D eigenvalue weighted by Gasteiger charge is 2.32. The summed E-state index contributed by atoms with van der Waals surface area (Å²) in [6, 6.07) is 14.6. The number of urea groups is 1. The number of anilines is 2. The molecule has 1 aliphatic rings. The lowest BCUT2D eigenvalue weighted by Gasteiger charge is -2.23. The maximum atomic E-state index is 13.1. The van der Waals surface area contributed by atoms with Gasteiger partial charge in [0.1, 0.15) is 34.7 Å². The van der Waals surface area contributed by atoms with E-state index in [1.54, 1.807) is 41.4 Å². The molecule has 4 amide bonds. The van der Waals surface area contributed by atoms with Crippen LogP contribution in [0.25, 0.3) is 11.1 Å². The number of rotatable bonds is 8. The summed E-state index contributed by atoms with van der Waals surface area (Å²) >= 11 is 0. The molecule has 1 aliphatic heterocycles. The molecule has 0 unspecified atom stereocenters. The number of ether oxygens (including phenoxy) is 1. The van der Waals surface area contributed by atoms with Gasteiger partial charge >= 0.3 is 6.03 Å². The molecule has 11 nitrogen and oxygen atoms in total. The van der Waals surface area contributed by atoms with Crippen molar-refractivity contribution in [2.24, 2.45) is 0 Å². The number of hydrogen-bond donors (Lipinski definition) is 3. The molecule has 4 heterocycles. The molecule has 0 saturated carbocycles. The van der Waals surface area contributed by atoms with Crippen molar-refractivity contribution in [1.29, 1.82) is 0 Å². The Labute approximate surface area is 205 Å². The Morgan fingerprint density at radius 1 is 1.19 bits per heavy atom. The van der Waals surface area contributed by atoms with E-state index < -0.39 is 12.1 Å². The molecule has 0 fully saturated rings. The van der Waals surface area contributed by atoms with E-state index in [-0.39, 0.29) is 18.9 Å². The fourth-order valence-electron chi connectivity index (χ4n) is 4.05. The number of nitrogens with one attached hydrogen (secondary N) is 3. The van der Waals surface area contributed by atoms with Crippen LogP contribution in [0.15, 0.2) is 65.2 Å². The first kappa shape index (κ1) is 22.8. The van der Waals surface area contributed by atoms with Gasteiger partial charge in [-0.05, 0) is 42.0 Å². The van der Waals surface area contributed by atoms with Crippen LogP contribution in [0.5, 0.6) is 5.75 Å². The molecule has 0 saturated heterocycles. The third-order valence-electron chi connectivity index (χ3n) is 5.75. The van der Waals surface area contributed by atoms with Gasteiger partial charge in [-0.15, -0.1) is 0 Å². The van der Waals surface area contributed by atoms with Crippen molar-refractivity contribution in [3.05, 3.63) is 77.7 Å². The Bertz CT molecular complexity index is 1440. The Morgan fingerprint density at radius 2 is 2.08 bits per heavy atom. The topological polar surface area (TPSA) is 139 Å². The van der Waals surface area contributed by atoms with Gasteiger partial charge < -0.3 is 24.7 Å². The zero-order valence-corrected chi connectivity index (χ0v) is 19.2. The molecule has 0 radical (unpaired) electrons. The zero-order valence-electron chi connectivity index (χ0n) is 19.2. The van der Waals surface area contributed by atoms with Crippen LogP contribution >= 0.6 is 0 Å². The van der Waals surface area contributed by atoms with Crippen molar-refractivity contribution in [3.8, 4) is 5.75 Å². The van der Waals surface area contributed by atoms with Gasteiger partial charge in [-0.3, -0.25) is 14.9 Å². The second-order valence-corrected chi connectivity index (χ2v) is 8.07. The van der Waals surface area contributed by atoms with Crippen LogP contribution in [0.1, 0.15) is 27.7 Å². The second kappa shape index (κ2) is 9.74. The van der Waals surface area contributed by atoms with Crippen molar-refractivity contribution in [1.82, 2.24) is 25.5 Å². The number of furan rings is 1. The maximum Gasteiger partial charge on any atom is 0.321 e. The Hall–Kier alpha value is -4.93. The monoisotopic (exact) mass is 486 g/mol. The van der Waals surface area contributed by atoms with E-state index in [1.165, 1.54) is 7.11 Å². The number of carbonyl (C=O) groups excluding carboxylic acids is 3. The number of benzene rings is 1. The van der Waals surface area contributed by atoms with Crippen molar-refractivity contribution in [2.75, 3.05) is 19.0 Å². The van der Waals surface area contributed by atoms with E-state index >= 15 is 0 Å². The number of methoxy groups -OCH3 is 1. The first-order valence-corrected chi connectivity index (χ1v) is 11.1. The van der Waals surface area contributed by atoms with Crippen molar-refractivity contribution in [2.45, 2.75) is 12.6 Å². The van der Waals surface area contributed by atoms with Crippen molar-refractivity contribution >= 4 is 41.1 Å². The van der Waals surface area contributed by atoms with Gasteiger partial charge in [0.2, 0.25) is 6.41 Å². The Morgan fingerprint density at radius 3 is 2.86 bits per heavy atom. The van der Waals surface area contributed by atoms with Gasteiger partial charge in [-0.25, -0.2) is 14.8 Å². The van der Waals surface area contributed by atoms with Gasteiger partial charge in [0.15, 0.2) is 5.58 Å². The molecule has 3 N–H and O–H groups in total. The minimum Gasteiger partial charge on any atom is -0.497 e. The molecule has 1 aromatic carbocycles. The summed E-state index contributed by atoms with van der Waals surface area (Å²) in [5.74, 6) is 1.98. The minimum atomic E-state index is -0.744. The summed E-state index contributed by atoms with van der Waals surface area (Å²) in [6.45, 7) is 0.475. The molecule has 4 aromatic rings. The van der Waals surface area contributed by atoms with Gasteiger partial charge in [-0.2, -0.15) is 0 Å². The SMILES string of the molecule is COc1ccc2c(c1)C(=O)N(C[C@H](NC(=O)NC=O)c1cc3nc(Nc4ccccn4)ccc3o1)C2. The van der Waals surface area contributed by atoms with E-state index in [4.69, 9.17) is 9.15 Å². The molecule has 1 atom stereocenters. The highest BCUT2D eigenvalue weighted by molar-refractivity contribution is 5.98. The summed E-state index contributed by atoms with van der Waals surface area (Å²) in [5.41, 5.74) is 2.45. The average molecular weight is 486 g/mol. The largest absolute Gasteiger partial charge is 0.497 e. The molecule has 11 heteroatoms. The summed E-state index contributed by atoms with van der Waals surface area (Å²) in [7, 11) is 1.54.